The summed E-state index contributed by atoms with van der Waals surface area (Å²) in [6, 6.07) is 6.19. The van der Waals surface area contributed by atoms with Crippen molar-refractivity contribution in [3.8, 4) is 0 Å². The van der Waals surface area contributed by atoms with Gasteiger partial charge in [-0.1, -0.05) is 55.5 Å². The lowest BCUT2D eigenvalue weighted by molar-refractivity contribution is -0.127. The molecule has 0 aliphatic carbocycles. The number of benzene rings is 1. The first-order valence-corrected chi connectivity index (χ1v) is 10.9. The van der Waals surface area contributed by atoms with E-state index < -0.39 is 0 Å². The predicted molar refractivity (Wildman–Crippen MR) is 115 cm³/mol. The van der Waals surface area contributed by atoms with Crippen LogP contribution in [0.4, 0.5) is 5.69 Å². The van der Waals surface area contributed by atoms with Crippen LogP contribution in [0.5, 0.6) is 0 Å². The lowest BCUT2D eigenvalue weighted by Gasteiger charge is -2.28. The number of amides is 2. The third-order valence-electron chi connectivity index (χ3n) is 5.74. The van der Waals surface area contributed by atoms with Crippen LogP contribution >= 0.6 is 15.9 Å². The summed E-state index contributed by atoms with van der Waals surface area (Å²) in [6.45, 7) is 7.39. The summed E-state index contributed by atoms with van der Waals surface area (Å²) in [5.74, 6) is 0.296. The second-order valence-corrected chi connectivity index (χ2v) is 8.97. The Morgan fingerprint density at radius 2 is 1.93 bits per heavy atom. The topological polar surface area (TPSA) is 40.6 Å². The van der Waals surface area contributed by atoms with Crippen molar-refractivity contribution in [2.24, 2.45) is 0 Å². The largest absolute Gasteiger partial charge is 0.346 e. The number of fused-ring (bicyclic) bond motifs is 1. The molecule has 0 fully saturated rings. The fraction of sp³-hybridized carbons (Fsp3) is 0.636. The third-order valence-corrected chi connectivity index (χ3v) is 6.23. The third kappa shape index (κ3) is 5.56. The maximum atomic E-state index is 12.9. The van der Waals surface area contributed by atoms with E-state index in [0.717, 1.165) is 29.4 Å². The van der Waals surface area contributed by atoms with Crippen LogP contribution in [0.1, 0.15) is 71.3 Å². The van der Waals surface area contributed by atoms with Crippen LogP contribution in [0, 0.1) is 0 Å². The highest BCUT2D eigenvalue weighted by molar-refractivity contribution is 9.10. The van der Waals surface area contributed by atoms with Crippen LogP contribution in [0.3, 0.4) is 0 Å². The molecule has 1 aliphatic heterocycles. The van der Waals surface area contributed by atoms with Crippen LogP contribution < -0.4 is 4.90 Å². The Kier molecular flexibility index (Phi) is 7.90. The molecule has 1 heterocycles. The van der Waals surface area contributed by atoms with Gasteiger partial charge >= 0.3 is 0 Å². The molecule has 4 nitrogen and oxygen atoms in total. The van der Waals surface area contributed by atoms with Crippen LogP contribution in [-0.2, 0) is 15.0 Å². The summed E-state index contributed by atoms with van der Waals surface area (Å²) in [4.78, 5) is 28.2. The highest BCUT2D eigenvalue weighted by Gasteiger charge is 2.41. The molecule has 1 aromatic rings. The van der Waals surface area contributed by atoms with Crippen molar-refractivity contribution in [3.63, 3.8) is 0 Å². The van der Waals surface area contributed by atoms with E-state index in [-0.39, 0.29) is 17.2 Å². The Morgan fingerprint density at radius 1 is 1.22 bits per heavy atom. The Labute approximate surface area is 172 Å². The molecule has 2 amide bonds. The number of unbranched alkanes of at least 4 members (excludes halogenated alkanes) is 4. The van der Waals surface area contributed by atoms with Gasteiger partial charge in [-0.05, 0) is 36.6 Å². The Morgan fingerprint density at radius 3 is 2.59 bits per heavy atom. The molecule has 150 valence electrons. The van der Waals surface area contributed by atoms with Gasteiger partial charge in [0.05, 0.1) is 0 Å². The molecule has 0 aromatic heterocycles. The first kappa shape index (κ1) is 21.9. The monoisotopic (exact) mass is 436 g/mol. The molecule has 0 spiro atoms. The summed E-state index contributed by atoms with van der Waals surface area (Å²) in [5, 5.41) is 0. The van der Waals surface area contributed by atoms with Gasteiger partial charge in [0, 0.05) is 49.1 Å². The first-order chi connectivity index (χ1) is 12.8. The molecule has 27 heavy (non-hydrogen) atoms. The molecular formula is C22H33BrN2O2. The SMILES string of the molecule is CCCCCCCC(=O)N1CC(C)(CCN(C)C(C)=O)c2cc(Br)ccc21. The van der Waals surface area contributed by atoms with Gasteiger partial charge in [0.15, 0.2) is 0 Å². The quantitative estimate of drug-likeness (QED) is 0.493. The van der Waals surface area contributed by atoms with Gasteiger partial charge < -0.3 is 9.80 Å². The lowest BCUT2D eigenvalue weighted by atomic mass is 9.81. The summed E-state index contributed by atoms with van der Waals surface area (Å²) >= 11 is 3.57. The minimum absolute atomic E-state index is 0.0751. The molecule has 0 bridgehead atoms. The summed E-state index contributed by atoms with van der Waals surface area (Å²) in [5.41, 5.74) is 2.10. The predicted octanol–water partition coefficient (Wildman–Crippen LogP) is 5.28. The van der Waals surface area contributed by atoms with Gasteiger partial charge in [-0.15, -0.1) is 0 Å². The molecule has 0 saturated carbocycles. The number of nitrogens with zero attached hydrogens (tertiary/aromatic N) is 2. The van der Waals surface area contributed by atoms with Gasteiger partial charge in [-0.25, -0.2) is 0 Å². The van der Waals surface area contributed by atoms with E-state index in [0.29, 0.717) is 19.5 Å². The molecule has 1 aromatic carbocycles. The van der Waals surface area contributed by atoms with E-state index in [2.05, 4.69) is 35.8 Å². The number of carbonyl (C=O) groups excluding carboxylic acids is 2. The maximum absolute atomic E-state index is 12.9. The molecule has 0 radical (unpaired) electrons. The van der Waals surface area contributed by atoms with Gasteiger partial charge in [-0.2, -0.15) is 0 Å². The number of rotatable bonds is 9. The van der Waals surface area contributed by atoms with E-state index in [9.17, 15) is 9.59 Å². The molecule has 1 aliphatic rings. The molecule has 0 N–H and O–H groups in total. The van der Waals surface area contributed by atoms with Gasteiger partial charge in [0.2, 0.25) is 11.8 Å². The van der Waals surface area contributed by atoms with Crippen molar-refractivity contribution in [1.82, 2.24) is 4.90 Å². The van der Waals surface area contributed by atoms with Crippen LogP contribution in [0.2, 0.25) is 0 Å². The first-order valence-electron chi connectivity index (χ1n) is 10.1. The Balaban J connectivity index is 2.10. The van der Waals surface area contributed by atoms with Crippen LogP contribution in [-0.4, -0.2) is 36.9 Å². The fourth-order valence-corrected chi connectivity index (χ4v) is 4.13. The lowest BCUT2D eigenvalue weighted by Crippen LogP contribution is -2.38. The van der Waals surface area contributed by atoms with Crippen LogP contribution in [0.25, 0.3) is 0 Å². The number of anilines is 1. The fourth-order valence-electron chi connectivity index (χ4n) is 3.77. The van der Waals surface area contributed by atoms with Crippen molar-refractivity contribution in [2.75, 3.05) is 25.0 Å². The molecule has 5 heteroatoms. The minimum Gasteiger partial charge on any atom is -0.346 e. The zero-order chi connectivity index (χ0) is 20.0. The Hall–Kier alpha value is -1.36. The van der Waals surface area contributed by atoms with Crippen molar-refractivity contribution in [2.45, 2.75) is 71.1 Å². The highest BCUT2D eigenvalue weighted by atomic mass is 79.9. The zero-order valence-corrected chi connectivity index (χ0v) is 18.8. The smallest absolute Gasteiger partial charge is 0.227 e. The number of carbonyl (C=O) groups is 2. The van der Waals surface area contributed by atoms with E-state index >= 15 is 0 Å². The van der Waals surface area contributed by atoms with Crippen molar-refractivity contribution < 1.29 is 9.59 Å². The molecular weight excluding hydrogens is 404 g/mol. The van der Waals surface area contributed by atoms with Crippen molar-refractivity contribution in [1.29, 1.82) is 0 Å². The highest BCUT2D eigenvalue weighted by Crippen LogP contribution is 2.44. The number of hydrogen-bond acceptors (Lipinski definition) is 2. The summed E-state index contributed by atoms with van der Waals surface area (Å²) in [7, 11) is 1.84. The van der Waals surface area contributed by atoms with E-state index in [4.69, 9.17) is 0 Å². The van der Waals surface area contributed by atoms with E-state index in [1.807, 2.05) is 24.1 Å². The average molecular weight is 437 g/mol. The summed E-state index contributed by atoms with van der Waals surface area (Å²) in [6.07, 6.45) is 7.22. The van der Waals surface area contributed by atoms with Gasteiger partial charge in [0.25, 0.3) is 0 Å². The molecule has 1 atom stereocenters. The normalized spacial score (nSPS) is 18.5. The van der Waals surface area contributed by atoms with Crippen LogP contribution in [0.15, 0.2) is 22.7 Å². The van der Waals surface area contributed by atoms with Crippen molar-refractivity contribution in [3.05, 3.63) is 28.2 Å². The van der Waals surface area contributed by atoms with E-state index in [1.54, 1.807) is 11.8 Å². The molecule has 0 saturated heterocycles. The van der Waals surface area contributed by atoms with Gasteiger partial charge in [0.1, 0.15) is 0 Å². The van der Waals surface area contributed by atoms with E-state index in [1.165, 1.54) is 24.8 Å². The Bertz CT molecular complexity index is 676. The minimum atomic E-state index is -0.138. The summed E-state index contributed by atoms with van der Waals surface area (Å²) < 4.78 is 1.03. The zero-order valence-electron chi connectivity index (χ0n) is 17.2. The van der Waals surface area contributed by atoms with Gasteiger partial charge in [-0.3, -0.25) is 9.59 Å². The number of halogens is 1. The maximum Gasteiger partial charge on any atom is 0.227 e. The second-order valence-electron chi connectivity index (χ2n) is 8.06. The molecule has 1 unspecified atom stereocenters. The molecule has 2 rings (SSSR count). The van der Waals surface area contributed by atoms with Crippen molar-refractivity contribution >= 4 is 33.4 Å². The average Bonchev–Trinajstić information content (AvgIpc) is 2.92. The number of hydrogen-bond donors (Lipinski definition) is 0. The second kappa shape index (κ2) is 9.72. The standard InChI is InChI=1S/C22H33BrN2O2/c1-5-6-7-8-9-10-21(27)25-16-22(3,13-14-24(4)17(2)26)19-15-18(23)11-12-20(19)25/h11-12,15H,5-10,13-14,16H2,1-4H3.